The van der Waals surface area contributed by atoms with E-state index in [9.17, 15) is 29.1 Å². The molecule has 224 valence electrons. The largest absolute Gasteiger partial charge is 0.383 e. The number of nitrogens with zero attached hydrogens (tertiary/aromatic N) is 2. The number of likely N-dealkylation sites (N-methyl/N-ethyl adjacent to an activating group) is 2. The minimum absolute atomic E-state index is 0.0698. The van der Waals surface area contributed by atoms with Crippen molar-refractivity contribution in [3.05, 3.63) is 34.9 Å². The number of hydrogen-bond donors (Lipinski definition) is 3. The van der Waals surface area contributed by atoms with Gasteiger partial charge in [-0.1, -0.05) is 57.8 Å². The van der Waals surface area contributed by atoms with E-state index in [0.717, 1.165) is 5.56 Å². The summed E-state index contributed by atoms with van der Waals surface area (Å²) in [5.41, 5.74) is 0.734. The maximum atomic E-state index is 13.6. The number of benzene rings is 1. The van der Waals surface area contributed by atoms with Crippen molar-refractivity contribution in [2.75, 3.05) is 20.6 Å². The van der Waals surface area contributed by atoms with Gasteiger partial charge in [0.05, 0.1) is 12.6 Å². The van der Waals surface area contributed by atoms with Crippen molar-refractivity contribution in [2.45, 2.75) is 85.0 Å². The van der Waals surface area contributed by atoms with Crippen molar-refractivity contribution < 1.29 is 29.1 Å². The fourth-order valence-corrected chi connectivity index (χ4v) is 4.39. The maximum Gasteiger partial charge on any atom is 0.249 e. The van der Waals surface area contributed by atoms with Crippen LogP contribution in [0.5, 0.6) is 0 Å². The number of rotatable bonds is 15. The van der Waals surface area contributed by atoms with Crippen molar-refractivity contribution in [1.29, 1.82) is 0 Å². The van der Waals surface area contributed by atoms with Crippen LogP contribution in [-0.2, 0) is 30.4 Å². The van der Waals surface area contributed by atoms with Crippen LogP contribution >= 0.6 is 11.6 Å². The van der Waals surface area contributed by atoms with Crippen LogP contribution in [0.3, 0.4) is 0 Å². The molecule has 0 heterocycles. The number of halogens is 1. The zero-order valence-corrected chi connectivity index (χ0v) is 25.6. The van der Waals surface area contributed by atoms with Crippen LogP contribution in [0.1, 0.15) is 59.9 Å². The Bertz CT molecular complexity index is 1030. The quantitative estimate of drug-likeness (QED) is 0.291. The number of hydrogen-bond acceptors (Lipinski definition) is 6. The summed E-state index contributed by atoms with van der Waals surface area (Å²) in [6, 6.07) is 4.14. The number of aliphatic hydroxyl groups is 1. The molecule has 0 aliphatic heterocycles. The summed E-state index contributed by atoms with van der Waals surface area (Å²) >= 11 is 6.01. The van der Waals surface area contributed by atoms with E-state index in [4.69, 9.17) is 11.6 Å². The topological polar surface area (TPSA) is 136 Å². The Morgan fingerprint density at radius 2 is 1.52 bits per heavy atom. The number of aliphatic hydroxyl groups excluding tert-OH is 1. The van der Waals surface area contributed by atoms with Gasteiger partial charge in [0.1, 0.15) is 18.2 Å². The van der Waals surface area contributed by atoms with E-state index < -0.39 is 47.9 Å². The van der Waals surface area contributed by atoms with E-state index in [1.165, 1.54) is 37.7 Å². The second-order valence-electron chi connectivity index (χ2n) is 10.9. The lowest BCUT2D eigenvalue weighted by molar-refractivity contribution is -0.147. The Hall–Kier alpha value is -2.98. The number of ketones is 1. The summed E-state index contributed by atoms with van der Waals surface area (Å²) < 4.78 is 0. The van der Waals surface area contributed by atoms with E-state index in [-0.39, 0.29) is 37.0 Å². The second-order valence-corrected chi connectivity index (χ2v) is 11.3. The fraction of sp³-hybridized carbons (Fsp3) is 0.621. The number of carbonyl (C=O) groups is 5. The molecule has 0 radical (unpaired) electrons. The van der Waals surface area contributed by atoms with E-state index in [2.05, 4.69) is 10.6 Å². The molecule has 0 bridgehead atoms. The fourth-order valence-electron chi connectivity index (χ4n) is 4.26. The zero-order chi connectivity index (χ0) is 30.7. The van der Waals surface area contributed by atoms with Gasteiger partial charge in [-0.15, -0.1) is 0 Å². The molecule has 0 spiro atoms. The van der Waals surface area contributed by atoms with Gasteiger partial charge in [0.15, 0.2) is 5.78 Å². The molecule has 3 N–H and O–H groups in total. The summed E-state index contributed by atoms with van der Waals surface area (Å²) in [5.74, 6) is -2.35. The molecule has 4 amide bonds. The van der Waals surface area contributed by atoms with Gasteiger partial charge in [-0.25, -0.2) is 0 Å². The SMILES string of the molecule is CCC(C)[C@H](NC(=O)CN(C)C(=O)[C@@H](Cc1ccc(Cl)cc1)N(C)C(=O)[C@H](C)NC(=O)[C@H](O)CC(C)C)C(C)=O. The molecule has 5 atom stereocenters. The van der Waals surface area contributed by atoms with Gasteiger partial charge in [0.2, 0.25) is 23.6 Å². The van der Waals surface area contributed by atoms with Gasteiger partial charge < -0.3 is 25.5 Å². The molecule has 1 aromatic rings. The molecular weight excluding hydrogens is 536 g/mol. The Balaban J connectivity index is 3.11. The average Bonchev–Trinajstić information content (AvgIpc) is 2.88. The van der Waals surface area contributed by atoms with Gasteiger partial charge >= 0.3 is 0 Å². The van der Waals surface area contributed by atoms with Crippen molar-refractivity contribution in [2.24, 2.45) is 11.8 Å². The standard InChI is InChI=1S/C29H45ClN4O6/c1-9-18(4)26(20(6)35)32-25(37)16-33(7)29(40)23(15-21-10-12-22(30)13-11-21)34(8)28(39)19(5)31-27(38)24(36)14-17(2)3/h10-13,17-19,23-24,26,36H,9,14-16H2,1-8H3,(H,31,38)(H,32,37)/t18?,19-,23+,24+,26-/m0/s1. The van der Waals surface area contributed by atoms with Crippen molar-refractivity contribution >= 4 is 41.0 Å². The third-order valence-corrected chi connectivity index (χ3v) is 7.15. The van der Waals surface area contributed by atoms with Crippen molar-refractivity contribution in [1.82, 2.24) is 20.4 Å². The van der Waals surface area contributed by atoms with Crippen molar-refractivity contribution in [3.63, 3.8) is 0 Å². The van der Waals surface area contributed by atoms with Crippen LogP contribution in [0.25, 0.3) is 0 Å². The first-order chi connectivity index (χ1) is 18.6. The average molecular weight is 581 g/mol. The Morgan fingerprint density at radius 3 is 2.02 bits per heavy atom. The van der Waals surface area contributed by atoms with Crippen LogP contribution in [0.4, 0.5) is 0 Å². The normalized spacial score (nSPS) is 14.9. The van der Waals surface area contributed by atoms with E-state index in [0.29, 0.717) is 11.4 Å². The molecule has 0 aromatic heterocycles. The summed E-state index contributed by atoms with van der Waals surface area (Å²) in [7, 11) is 2.91. The van der Waals surface area contributed by atoms with E-state index in [1.807, 2.05) is 27.7 Å². The molecule has 0 aliphatic carbocycles. The molecular formula is C29H45ClN4O6. The molecule has 1 aromatic carbocycles. The molecule has 1 rings (SSSR count). The minimum atomic E-state index is -1.26. The van der Waals surface area contributed by atoms with Gasteiger partial charge in [-0.05, 0) is 49.8 Å². The summed E-state index contributed by atoms with van der Waals surface area (Å²) in [6.07, 6.45) is -0.192. The first kappa shape index (κ1) is 35.0. The maximum absolute atomic E-state index is 13.6. The Labute approximate surface area is 242 Å². The van der Waals surface area contributed by atoms with E-state index in [1.54, 1.807) is 24.3 Å². The van der Waals surface area contributed by atoms with Gasteiger partial charge in [0.25, 0.3) is 0 Å². The Kier molecular flexibility index (Phi) is 14.3. The highest BCUT2D eigenvalue weighted by Crippen LogP contribution is 2.16. The minimum Gasteiger partial charge on any atom is -0.383 e. The molecule has 0 aliphatic rings. The van der Waals surface area contributed by atoms with Crippen LogP contribution in [0.2, 0.25) is 5.02 Å². The van der Waals surface area contributed by atoms with E-state index >= 15 is 0 Å². The molecule has 10 nitrogen and oxygen atoms in total. The lowest BCUT2D eigenvalue weighted by Gasteiger charge is -2.33. The first-order valence-corrected chi connectivity index (χ1v) is 14.0. The Morgan fingerprint density at radius 1 is 0.950 bits per heavy atom. The second kappa shape index (κ2) is 16.3. The highest BCUT2D eigenvalue weighted by molar-refractivity contribution is 6.30. The highest BCUT2D eigenvalue weighted by Gasteiger charge is 2.34. The molecule has 0 saturated carbocycles. The van der Waals surface area contributed by atoms with Gasteiger partial charge in [0, 0.05) is 25.5 Å². The number of Topliss-reactive ketones (excluding diaryl/α,β-unsaturated/α-hetero) is 1. The summed E-state index contributed by atoms with van der Waals surface area (Å²) in [6.45, 7) is 10.1. The smallest absolute Gasteiger partial charge is 0.249 e. The van der Waals surface area contributed by atoms with Crippen LogP contribution in [0.15, 0.2) is 24.3 Å². The third-order valence-electron chi connectivity index (χ3n) is 6.89. The van der Waals surface area contributed by atoms with Gasteiger partial charge in [-0.3, -0.25) is 24.0 Å². The number of carbonyl (C=O) groups excluding carboxylic acids is 5. The molecule has 40 heavy (non-hydrogen) atoms. The van der Waals surface area contributed by atoms with Gasteiger partial charge in [-0.2, -0.15) is 0 Å². The first-order valence-electron chi connectivity index (χ1n) is 13.6. The number of amides is 4. The zero-order valence-electron chi connectivity index (χ0n) is 24.9. The lowest BCUT2D eigenvalue weighted by atomic mass is 9.96. The predicted octanol–water partition coefficient (Wildman–Crippen LogP) is 2.20. The third kappa shape index (κ3) is 10.9. The monoisotopic (exact) mass is 580 g/mol. The predicted molar refractivity (Wildman–Crippen MR) is 154 cm³/mol. The highest BCUT2D eigenvalue weighted by atomic mass is 35.5. The molecule has 0 saturated heterocycles. The summed E-state index contributed by atoms with van der Waals surface area (Å²) in [5, 5.41) is 15.9. The van der Waals surface area contributed by atoms with Crippen LogP contribution < -0.4 is 10.6 Å². The van der Waals surface area contributed by atoms with Crippen LogP contribution in [-0.4, -0.2) is 89.2 Å². The molecule has 0 fully saturated rings. The number of nitrogens with one attached hydrogen (secondary N) is 2. The summed E-state index contributed by atoms with van der Waals surface area (Å²) in [4.78, 5) is 66.6. The van der Waals surface area contributed by atoms with Crippen LogP contribution in [0, 0.1) is 11.8 Å². The lowest BCUT2D eigenvalue weighted by Crippen LogP contribution is -2.56. The molecule has 1 unspecified atom stereocenters. The van der Waals surface area contributed by atoms with Crippen molar-refractivity contribution in [3.8, 4) is 0 Å². The molecule has 11 heteroatoms.